The SMILES string of the molecule is CNC(=O)c1ccc(CN(C)C(=O)c2cccc(N3CCCC3=O)c2)cc1. The van der Waals surface area contributed by atoms with Crippen LogP contribution in [0.25, 0.3) is 0 Å². The molecule has 140 valence electrons. The third-order valence-corrected chi connectivity index (χ3v) is 4.69. The maximum Gasteiger partial charge on any atom is 0.253 e. The molecule has 0 unspecified atom stereocenters. The minimum Gasteiger partial charge on any atom is -0.355 e. The van der Waals surface area contributed by atoms with Crippen LogP contribution in [0.4, 0.5) is 5.69 Å². The van der Waals surface area contributed by atoms with Crippen molar-refractivity contribution in [3.05, 3.63) is 65.2 Å². The molecule has 0 atom stereocenters. The maximum atomic E-state index is 12.8. The van der Waals surface area contributed by atoms with Crippen LogP contribution in [0.2, 0.25) is 0 Å². The number of nitrogens with one attached hydrogen (secondary N) is 1. The Labute approximate surface area is 158 Å². The molecule has 3 amide bonds. The Bertz CT molecular complexity index is 861. The lowest BCUT2D eigenvalue weighted by atomic mass is 10.1. The number of rotatable bonds is 5. The van der Waals surface area contributed by atoms with Crippen LogP contribution < -0.4 is 10.2 Å². The number of carbonyl (C=O) groups excluding carboxylic acids is 3. The molecule has 0 spiro atoms. The van der Waals surface area contributed by atoms with Crippen LogP contribution in [0.3, 0.4) is 0 Å². The molecule has 2 aromatic rings. The molecule has 0 radical (unpaired) electrons. The van der Waals surface area contributed by atoms with Gasteiger partial charge in [-0.15, -0.1) is 0 Å². The first-order valence-electron chi connectivity index (χ1n) is 8.96. The Hall–Kier alpha value is -3.15. The first-order chi connectivity index (χ1) is 13.0. The summed E-state index contributed by atoms with van der Waals surface area (Å²) in [5.41, 5.74) is 2.84. The molecule has 0 aliphatic carbocycles. The number of nitrogens with zero attached hydrogens (tertiary/aromatic N) is 2. The van der Waals surface area contributed by atoms with Gasteiger partial charge in [-0.05, 0) is 42.3 Å². The summed E-state index contributed by atoms with van der Waals surface area (Å²) in [6.07, 6.45) is 1.41. The monoisotopic (exact) mass is 365 g/mol. The molecule has 1 saturated heterocycles. The topological polar surface area (TPSA) is 69.7 Å². The largest absolute Gasteiger partial charge is 0.355 e. The molecular weight excluding hydrogens is 342 g/mol. The van der Waals surface area contributed by atoms with Gasteiger partial charge in [0.2, 0.25) is 5.91 Å². The summed E-state index contributed by atoms with van der Waals surface area (Å²) in [6, 6.07) is 14.4. The van der Waals surface area contributed by atoms with Crippen LogP contribution in [0, 0.1) is 0 Å². The Balaban J connectivity index is 1.70. The molecule has 0 aromatic heterocycles. The molecule has 1 fully saturated rings. The van der Waals surface area contributed by atoms with E-state index in [9.17, 15) is 14.4 Å². The molecule has 2 aromatic carbocycles. The summed E-state index contributed by atoms with van der Waals surface area (Å²) in [4.78, 5) is 39.7. The van der Waals surface area contributed by atoms with Crippen molar-refractivity contribution in [2.45, 2.75) is 19.4 Å². The van der Waals surface area contributed by atoms with Crippen molar-refractivity contribution in [1.82, 2.24) is 10.2 Å². The highest BCUT2D eigenvalue weighted by atomic mass is 16.2. The van der Waals surface area contributed by atoms with Crippen LogP contribution in [0.1, 0.15) is 39.1 Å². The summed E-state index contributed by atoms with van der Waals surface area (Å²) >= 11 is 0. The van der Waals surface area contributed by atoms with E-state index in [4.69, 9.17) is 0 Å². The average molecular weight is 365 g/mol. The van der Waals surface area contributed by atoms with Crippen molar-refractivity contribution in [1.29, 1.82) is 0 Å². The molecule has 1 N–H and O–H groups in total. The van der Waals surface area contributed by atoms with Gasteiger partial charge in [0.15, 0.2) is 0 Å². The summed E-state index contributed by atoms with van der Waals surface area (Å²) < 4.78 is 0. The fourth-order valence-electron chi connectivity index (χ4n) is 3.20. The van der Waals surface area contributed by atoms with Crippen molar-refractivity contribution in [2.75, 3.05) is 25.5 Å². The fourth-order valence-corrected chi connectivity index (χ4v) is 3.20. The van der Waals surface area contributed by atoms with Gasteiger partial charge in [-0.1, -0.05) is 18.2 Å². The summed E-state index contributed by atoms with van der Waals surface area (Å²) in [5.74, 6) is -0.151. The quantitative estimate of drug-likeness (QED) is 0.885. The highest BCUT2D eigenvalue weighted by Crippen LogP contribution is 2.23. The van der Waals surface area contributed by atoms with Gasteiger partial charge >= 0.3 is 0 Å². The zero-order chi connectivity index (χ0) is 19.4. The first-order valence-corrected chi connectivity index (χ1v) is 8.96. The van der Waals surface area contributed by atoms with Gasteiger partial charge < -0.3 is 15.1 Å². The zero-order valence-electron chi connectivity index (χ0n) is 15.6. The third-order valence-electron chi connectivity index (χ3n) is 4.69. The van der Waals surface area contributed by atoms with Gasteiger partial charge in [-0.25, -0.2) is 0 Å². The summed E-state index contributed by atoms with van der Waals surface area (Å²) in [5, 5.41) is 2.58. The van der Waals surface area contributed by atoms with Crippen LogP contribution in [-0.2, 0) is 11.3 Å². The smallest absolute Gasteiger partial charge is 0.253 e. The third kappa shape index (κ3) is 4.16. The number of amides is 3. The molecule has 0 saturated carbocycles. The van der Waals surface area contributed by atoms with Crippen LogP contribution >= 0.6 is 0 Å². The molecule has 1 aliphatic heterocycles. The Morgan fingerprint density at radius 1 is 1.11 bits per heavy atom. The zero-order valence-corrected chi connectivity index (χ0v) is 15.6. The standard InChI is InChI=1S/C21H23N3O3/c1-22-20(26)16-10-8-15(9-11-16)14-23(2)21(27)17-5-3-6-18(13-17)24-12-4-7-19(24)25/h3,5-6,8-11,13H,4,7,12,14H2,1-2H3,(H,22,26). The Kier molecular flexibility index (Phi) is 5.54. The van der Waals surface area contributed by atoms with Gasteiger partial charge in [-0.3, -0.25) is 14.4 Å². The first kappa shape index (κ1) is 18.6. The molecule has 6 nitrogen and oxygen atoms in total. The van der Waals surface area contributed by atoms with E-state index in [1.165, 1.54) is 0 Å². The van der Waals surface area contributed by atoms with Crippen molar-refractivity contribution < 1.29 is 14.4 Å². The van der Waals surface area contributed by atoms with Crippen LogP contribution in [0.15, 0.2) is 48.5 Å². The maximum absolute atomic E-state index is 12.8. The lowest BCUT2D eigenvalue weighted by Crippen LogP contribution is -2.27. The van der Waals surface area contributed by atoms with Crippen LogP contribution in [-0.4, -0.2) is 43.3 Å². The van der Waals surface area contributed by atoms with E-state index in [2.05, 4.69) is 5.32 Å². The minimum atomic E-state index is -0.140. The van der Waals surface area contributed by atoms with E-state index < -0.39 is 0 Å². The van der Waals surface area contributed by atoms with E-state index in [1.807, 2.05) is 18.2 Å². The normalized spacial score (nSPS) is 13.6. The van der Waals surface area contributed by atoms with Crippen molar-refractivity contribution >= 4 is 23.4 Å². The summed E-state index contributed by atoms with van der Waals surface area (Å²) in [6.45, 7) is 1.13. The molecule has 6 heteroatoms. The number of hydrogen-bond acceptors (Lipinski definition) is 3. The molecule has 3 rings (SSSR count). The number of carbonyl (C=O) groups is 3. The number of anilines is 1. The second-order valence-corrected chi connectivity index (χ2v) is 6.64. The molecule has 1 heterocycles. The highest BCUT2D eigenvalue weighted by molar-refractivity contribution is 5.99. The lowest BCUT2D eigenvalue weighted by molar-refractivity contribution is -0.117. The van der Waals surface area contributed by atoms with Gasteiger partial charge in [0.1, 0.15) is 0 Å². The van der Waals surface area contributed by atoms with Gasteiger partial charge in [0.25, 0.3) is 11.8 Å². The summed E-state index contributed by atoms with van der Waals surface area (Å²) in [7, 11) is 3.33. The van der Waals surface area contributed by atoms with Crippen LogP contribution in [0.5, 0.6) is 0 Å². The lowest BCUT2D eigenvalue weighted by Gasteiger charge is -2.20. The van der Waals surface area contributed by atoms with E-state index in [0.717, 1.165) is 17.7 Å². The van der Waals surface area contributed by atoms with Gasteiger partial charge in [-0.2, -0.15) is 0 Å². The Morgan fingerprint density at radius 3 is 2.48 bits per heavy atom. The van der Waals surface area contributed by atoms with Crippen molar-refractivity contribution in [3.63, 3.8) is 0 Å². The second-order valence-electron chi connectivity index (χ2n) is 6.64. The van der Waals surface area contributed by atoms with Gasteiger partial charge in [0, 0.05) is 50.4 Å². The number of benzene rings is 2. The molecule has 27 heavy (non-hydrogen) atoms. The molecule has 1 aliphatic rings. The second kappa shape index (κ2) is 8.03. The highest BCUT2D eigenvalue weighted by Gasteiger charge is 2.22. The van der Waals surface area contributed by atoms with Gasteiger partial charge in [0.05, 0.1) is 0 Å². The minimum absolute atomic E-state index is 0.101. The number of hydrogen-bond donors (Lipinski definition) is 1. The predicted molar refractivity (Wildman–Crippen MR) is 104 cm³/mol. The Morgan fingerprint density at radius 2 is 1.85 bits per heavy atom. The molecule has 0 bridgehead atoms. The fraction of sp³-hybridized carbons (Fsp3) is 0.286. The average Bonchev–Trinajstić information content (AvgIpc) is 3.13. The van der Waals surface area contributed by atoms with E-state index in [0.29, 0.717) is 30.6 Å². The van der Waals surface area contributed by atoms with E-state index in [1.54, 1.807) is 54.2 Å². The molecular formula is C21H23N3O3. The van der Waals surface area contributed by atoms with E-state index in [-0.39, 0.29) is 17.7 Å². The predicted octanol–water partition coefficient (Wildman–Crippen LogP) is 2.45. The van der Waals surface area contributed by atoms with Crippen molar-refractivity contribution in [3.8, 4) is 0 Å². The van der Waals surface area contributed by atoms with Crippen molar-refractivity contribution in [2.24, 2.45) is 0 Å². The van der Waals surface area contributed by atoms with E-state index >= 15 is 0 Å².